The normalized spacial score (nSPS) is 15.8. The number of ether oxygens (including phenoxy) is 2. The lowest BCUT2D eigenvalue weighted by Crippen LogP contribution is -2.38. The molecule has 0 aromatic heterocycles. The maximum atomic E-state index is 11.6. The fourth-order valence-corrected chi connectivity index (χ4v) is 2.23. The fraction of sp³-hybridized carbons (Fsp3) is 0.929. The molecule has 0 bridgehead atoms. The van der Waals surface area contributed by atoms with Crippen LogP contribution < -0.4 is 10.6 Å². The van der Waals surface area contributed by atoms with Crippen molar-refractivity contribution in [2.24, 2.45) is 0 Å². The van der Waals surface area contributed by atoms with E-state index in [1.165, 1.54) is 25.7 Å². The average molecular weight is 272 g/mol. The Balaban J connectivity index is 1.81. The minimum absolute atomic E-state index is 0.104. The summed E-state index contributed by atoms with van der Waals surface area (Å²) in [6, 6.07) is 0.555. The first-order valence-corrected chi connectivity index (χ1v) is 7.39. The minimum Gasteiger partial charge on any atom is -0.382 e. The van der Waals surface area contributed by atoms with Crippen molar-refractivity contribution in [3.8, 4) is 0 Å². The highest BCUT2D eigenvalue weighted by molar-refractivity contribution is 5.77. The lowest BCUT2D eigenvalue weighted by atomic mass is 10.2. The van der Waals surface area contributed by atoms with Crippen LogP contribution in [0.4, 0.5) is 0 Å². The van der Waals surface area contributed by atoms with E-state index in [0.29, 0.717) is 25.8 Å². The Kier molecular flexibility index (Phi) is 9.67. The van der Waals surface area contributed by atoms with Crippen molar-refractivity contribution in [1.29, 1.82) is 0 Å². The van der Waals surface area contributed by atoms with Crippen molar-refractivity contribution in [3.63, 3.8) is 0 Å². The number of nitrogens with one attached hydrogen (secondary N) is 2. The molecule has 112 valence electrons. The van der Waals surface area contributed by atoms with Crippen molar-refractivity contribution >= 4 is 5.91 Å². The highest BCUT2D eigenvalue weighted by Gasteiger charge is 2.14. The molecule has 1 fully saturated rings. The van der Waals surface area contributed by atoms with Crippen molar-refractivity contribution in [2.45, 2.75) is 44.6 Å². The Hall–Kier alpha value is -0.650. The number of hydrogen-bond donors (Lipinski definition) is 2. The monoisotopic (exact) mass is 272 g/mol. The number of carbonyl (C=O) groups excluding carboxylic acids is 1. The van der Waals surface area contributed by atoms with Crippen LogP contribution in [0.2, 0.25) is 0 Å². The second-order valence-electron chi connectivity index (χ2n) is 5.02. The Bertz CT molecular complexity index is 231. The van der Waals surface area contributed by atoms with E-state index >= 15 is 0 Å². The molecular formula is C14H28N2O3. The fourth-order valence-electron chi connectivity index (χ4n) is 2.23. The van der Waals surface area contributed by atoms with Gasteiger partial charge in [0.15, 0.2) is 0 Å². The van der Waals surface area contributed by atoms with E-state index in [1.54, 1.807) is 7.11 Å². The molecule has 0 spiro atoms. The molecule has 0 saturated heterocycles. The topological polar surface area (TPSA) is 59.6 Å². The van der Waals surface area contributed by atoms with Gasteiger partial charge in [-0.3, -0.25) is 4.79 Å². The summed E-state index contributed by atoms with van der Waals surface area (Å²) in [5.41, 5.74) is 0. The molecule has 5 heteroatoms. The molecule has 2 N–H and O–H groups in total. The standard InChI is InChI=1S/C14H28N2O3/c1-18-10-11-19-9-5-4-8-15-14(17)12-16-13-6-2-3-7-13/h13,16H,2-12H2,1H3,(H,15,17). The van der Waals surface area contributed by atoms with Crippen LogP contribution in [-0.4, -0.2) is 52.0 Å². The van der Waals surface area contributed by atoms with Gasteiger partial charge in [-0.15, -0.1) is 0 Å². The molecular weight excluding hydrogens is 244 g/mol. The predicted molar refractivity (Wildman–Crippen MR) is 75.2 cm³/mol. The van der Waals surface area contributed by atoms with Crippen LogP contribution in [0, 0.1) is 0 Å². The Morgan fingerprint density at radius 3 is 2.68 bits per heavy atom. The number of carbonyl (C=O) groups is 1. The zero-order valence-corrected chi connectivity index (χ0v) is 12.1. The summed E-state index contributed by atoms with van der Waals surface area (Å²) in [6.07, 6.45) is 6.95. The molecule has 0 heterocycles. The largest absolute Gasteiger partial charge is 0.382 e. The smallest absolute Gasteiger partial charge is 0.233 e. The molecule has 1 aliphatic carbocycles. The molecule has 5 nitrogen and oxygen atoms in total. The van der Waals surface area contributed by atoms with E-state index in [0.717, 1.165) is 26.0 Å². The zero-order valence-electron chi connectivity index (χ0n) is 12.1. The van der Waals surface area contributed by atoms with Crippen molar-refractivity contribution in [1.82, 2.24) is 10.6 Å². The molecule has 0 aromatic rings. The van der Waals surface area contributed by atoms with Crippen molar-refractivity contribution in [2.75, 3.05) is 40.0 Å². The highest BCUT2D eigenvalue weighted by Crippen LogP contribution is 2.17. The summed E-state index contributed by atoms with van der Waals surface area (Å²) < 4.78 is 10.2. The first kappa shape index (κ1) is 16.4. The lowest BCUT2D eigenvalue weighted by molar-refractivity contribution is -0.120. The van der Waals surface area contributed by atoms with E-state index in [9.17, 15) is 4.79 Å². The van der Waals surface area contributed by atoms with Crippen LogP contribution in [0.25, 0.3) is 0 Å². The quantitative estimate of drug-likeness (QED) is 0.553. The Labute approximate surface area is 116 Å². The van der Waals surface area contributed by atoms with Gasteiger partial charge in [-0.05, 0) is 25.7 Å². The van der Waals surface area contributed by atoms with E-state index < -0.39 is 0 Å². The zero-order chi connectivity index (χ0) is 13.8. The van der Waals surface area contributed by atoms with E-state index in [4.69, 9.17) is 9.47 Å². The third-order valence-corrected chi connectivity index (χ3v) is 3.38. The molecule has 1 aliphatic rings. The molecule has 1 saturated carbocycles. The number of hydrogen-bond acceptors (Lipinski definition) is 4. The summed E-state index contributed by atoms with van der Waals surface area (Å²) in [6.45, 7) is 3.21. The first-order valence-electron chi connectivity index (χ1n) is 7.39. The van der Waals surface area contributed by atoms with Crippen LogP contribution >= 0.6 is 0 Å². The third kappa shape index (κ3) is 8.97. The number of amides is 1. The third-order valence-electron chi connectivity index (χ3n) is 3.38. The summed E-state index contributed by atoms with van der Waals surface area (Å²) in [7, 11) is 1.67. The second-order valence-corrected chi connectivity index (χ2v) is 5.02. The van der Waals surface area contributed by atoms with E-state index in [2.05, 4.69) is 10.6 Å². The molecule has 1 amide bonds. The lowest BCUT2D eigenvalue weighted by Gasteiger charge is -2.11. The highest BCUT2D eigenvalue weighted by atomic mass is 16.5. The Morgan fingerprint density at radius 1 is 1.16 bits per heavy atom. The van der Waals surface area contributed by atoms with Gasteiger partial charge < -0.3 is 20.1 Å². The Morgan fingerprint density at radius 2 is 1.95 bits per heavy atom. The molecule has 0 atom stereocenters. The summed E-state index contributed by atoms with van der Waals surface area (Å²) >= 11 is 0. The van der Waals surface area contributed by atoms with Crippen molar-refractivity contribution < 1.29 is 14.3 Å². The molecule has 19 heavy (non-hydrogen) atoms. The minimum atomic E-state index is 0.104. The van der Waals surface area contributed by atoms with Gasteiger partial charge in [-0.25, -0.2) is 0 Å². The molecule has 0 unspecified atom stereocenters. The van der Waals surface area contributed by atoms with Gasteiger partial charge in [0.25, 0.3) is 0 Å². The van der Waals surface area contributed by atoms with Crippen LogP contribution in [0.1, 0.15) is 38.5 Å². The van der Waals surface area contributed by atoms with Gasteiger partial charge in [0.1, 0.15) is 0 Å². The van der Waals surface area contributed by atoms with Crippen LogP contribution in [0.5, 0.6) is 0 Å². The molecule has 0 aliphatic heterocycles. The second kappa shape index (κ2) is 11.2. The van der Waals surface area contributed by atoms with Crippen LogP contribution in [0.15, 0.2) is 0 Å². The molecule has 0 aromatic carbocycles. The summed E-state index contributed by atoms with van der Waals surface area (Å²) in [5.74, 6) is 0.104. The molecule has 1 rings (SSSR count). The van der Waals surface area contributed by atoms with Crippen LogP contribution in [-0.2, 0) is 14.3 Å². The number of unbranched alkanes of at least 4 members (excludes halogenated alkanes) is 1. The van der Waals surface area contributed by atoms with Crippen LogP contribution in [0.3, 0.4) is 0 Å². The van der Waals surface area contributed by atoms with Gasteiger partial charge in [-0.2, -0.15) is 0 Å². The van der Waals surface area contributed by atoms with Gasteiger partial charge in [0.05, 0.1) is 19.8 Å². The SMILES string of the molecule is COCCOCCCCNC(=O)CNC1CCCC1. The molecule has 0 radical (unpaired) electrons. The van der Waals surface area contributed by atoms with E-state index in [1.807, 2.05) is 0 Å². The first-order chi connectivity index (χ1) is 9.33. The summed E-state index contributed by atoms with van der Waals surface area (Å²) in [4.78, 5) is 11.6. The predicted octanol–water partition coefficient (Wildman–Crippen LogP) is 1.08. The maximum absolute atomic E-state index is 11.6. The number of rotatable bonds is 11. The maximum Gasteiger partial charge on any atom is 0.233 e. The van der Waals surface area contributed by atoms with Gasteiger partial charge in [-0.1, -0.05) is 12.8 Å². The van der Waals surface area contributed by atoms with Gasteiger partial charge in [0.2, 0.25) is 5.91 Å². The number of methoxy groups -OCH3 is 1. The van der Waals surface area contributed by atoms with E-state index in [-0.39, 0.29) is 5.91 Å². The average Bonchev–Trinajstić information content (AvgIpc) is 2.93. The van der Waals surface area contributed by atoms with Crippen molar-refractivity contribution in [3.05, 3.63) is 0 Å². The van der Waals surface area contributed by atoms with Gasteiger partial charge >= 0.3 is 0 Å². The summed E-state index contributed by atoms with van der Waals surface area (Å²) in [5, 5.41) is 6.23. The van der Waals surface area contributed by atoms with Gasteiger partial charge in [0, 0.05) is 26.3 Å².